The van der Waals surface area contributed by atoms with Crippen LogP contribution in [0.5, 0.6) is 0 Å². The molecule has 1 aromatic carbocycles. The second kappa shape index (κ2) is 7.05. The quantitative estimate of drug-likeness (QED) is 0.656. The Morgan fingerprint density at radius 1 is 1.36 bits per heavy atom. The van der Waals surface area contributed by atoms with E-state index in [-0.39, 0.29) is 11.8 Å². The van der Waals surface area contributed by atoms with Gasteiger partial charge in [0.1, 0.15) is 5.52 Å². The van der Waals surface area contributed by atoms with E-state index < -0.39 is 5.54 Å². The number of nitrogen functional groups attached to an aromatic ring is 1. The molecule has 0 bridgehead atoms. The van der Waals surface area contributed by atoms with Gasteiger partial charge < -0.3 is 15.8 Å². The third-order valence-corrected chi connectivity index (χ3v) is 5.24. The molecule has 1 aliphatic rings. The van der Waals surface area contributed by atoms with Gasteiger partial charge in [0.2, 0.25) is 5.91 Å². The molecule has 1 saturated carbocycles. The highest BCUT2D eigenvalue weighted by Gasteiger charge is 2.34. The molecular formula is C21H27N5O2. The number of hydrogen-bond acceptors (Lipinski definition) is 5. The molecule has 3 N–H and O–H groups in total. The van der Waals surface area contributed by atoms with Gasteiger partial charge in [0.15, 0.2) is 5.82 Å². The van der Waals surface area contributed by atoms with Crippen LogP contribution in [0.15, 0.2) is 24.3 Å². The molecule has 3 aromatic rings. The number of rotatable bonds is 7. The number of nitrogens with one attached hydrogen (secondary N) is 1. The van der Waals surface area contributed by atoms with E-state index in [1.165, 1.54) is 0 Å². The molecule has 0 unspecified atom stereocenters. The summed E-state index contributed by atoms with van der Waals surface area (Å²) in [4.78, 5) is 16.9. The second-order valence-electron chi connectivity index (χ2n) is 8.22. The lowest BCUT2D eigenvalue weighted by atomic mass is 9.95. The molecule has 2 heterocycles. The summed E-state index contributed by atoms with van der Waals surface area (Å²) in [6.07, 6.45) is 2.62. The molecule has 1 aliphatic carbocycles. The number of benzene rings is 1. The third-order valence-electron chi connectivity index (χ3n) is 5.24. The highest BCUT2D eigenvalue weighted by molar-refractivity contribution is 6.09. The zero-order valence-corrected chi connectivity index (χ0v) is 16.7. The van der Waals surface area contributed by atoms with Crippen LogP contribution >= 0.6 is 0 Å². The highest BCUT2D eigenvalue weighted by atomic mass is 16.5. The molecule has 28 heavy (non-hydrogen) atoms. The minimum Gasteiger partial charge on any atom is -0.383 e. The van der Waals surface area contributed by atoms with E-state index >= 15 is 0 Å². The Kier molecular flexibility index (Phi) is 4.71. The first-order chi connectivity index (χ1) is 13.4. The molecular weight excluding hydrogens is 354 g/mol. The van der Waals surface area contributed by atoms with E-state index in [1.54, 1.807) is 7.11 Å². The summed E-state index contributed by atoms with van der Waals surface area (Å²) in [5.41, 5.74) is 8.42. The first-order valence-corrected chi connectivity index (χ1v) is 9.74. The number of para-hydroxylation sites is 1. The fraction of sp³-hybridized carbons (Fsp3) is 0.476. The zero-order chi connectivity index (χ0) is 19.9. The van der Waals surface area contributed by atoms with Gasteiger partial charge in [-0.2, -0.15) is 5.10 Å². The molecule has 4 rings (SSSR count). The smallest absolute Gasteiger partial charge is 0.223 e. The Morgan fingerprint density at radius 2 is 2.11 bits per heavy atom. The van der Waals surface area contributed by atoms with E-state index in [2.05, 4.69) is 24.1 Å². The summed E-state index contributed by atoms with van der Waals surface area (Å²) < 4.78 is 7.22. The van der Waals surface area contributed by atoms with Crippen LogP contribution in [0.2, 0.25) is 0 Å². The lowest BCUT2D eigenvalue weighted by Gasteiger charge is -2.27. The lowest BCUT2D eigenvalue weighted by Crippen LogP contribution is -2.46. The fourth-order valence-corrected chi connectivity index (χ4v) is 3.71. The van der Waals surface area contributed by atoms with Crippen LogP contribution in [0.4, 0.5) is 5.82 Å². The first-order valence-electron chi connectivity index (χ1n) is 9.74. The first kappa shape index (κ1) is 18.7. The Balaban J connectivity index is 1.82. The van der Waals surface area contributed by atoms with Crippen molar-refractivity contribution in [1.82, 2.24) is 20.1 Å². The monoisotopic (exact) mass is 381 g/mol. The molecule has 0 saturated heterocycles. The standard InChI is InChI=1S/C21H27N5O2/c1-21(2,24-20(27)13-8-9-13)12-16-17-14-6-4-5-7-15(14)23-19(22)18(17)25-26(16)10-11-28-3/h4-7,13H,8-12H2,1-3H3,(H2,22,23)(H,24,27). The van der Waals surface area contributed by atoms with Gasteiger partial charge in [-0.1, -0.05) is 18.2 Å². The van der Waals surface area contributed by atoms with Crippen molar-refractivity contribution >= 4 is 33.5 Å². The van der Waals surface area contributed by atoms with Crippen LogP contribution in [0.25, 0.3) is 21.8 Å². The van der Waals surface area contributed by atoms with Gasteiger partial charge >= 0.3 is 0 Å². The number of anilines is 1. The average molecular weight is 381 g/mol. The summed E-state index contributed by atoms with van der Waals surface area (Å²) in [6.45, 7) is 5.26. The summed E-state index contributed by atoms with van der Waals surface area (Å²) in [7, 11) is 1.67. The van der Waals surface area contributed by atoms with E-state index in [0.29, 0.717) is 30.9 Å². The van der Waals surface area contributed by atoms with Crippen molar-refractivity contribution in [3.8, 4) is 0 Å². The van der Waals surface area contributed by atoms with Gasteiger partial charge in [-0.25, -0.2) is 4.98 Å². The van der Waals surface area contributed by atoms with Crippen molar-refractivity contribution in [1.29, 1.82) is 0 Å². The zero-order valence-electron chi connectivity index (χ0n) is 16.7. The molecule has 0 aliphatic heterocycles. The van der Waals surface area contributed by atoms with Gasteiger partial charge in [-0.15, -0.1) is 0 Å². The van der Waals surface area contributed by atoms with Crippen LogP contribution in [0.1, 0.15) is 32.4 Å². The molecule has 0 spiro atoms. The van der Waals surface area contributed by atoms with Gasteiger partial charge in [0.05, 0.1) is 18.7 Å². The number of amides is 1. The molecule has 7 nitrogen and oxygen atoms in total. The van der Waals surface area contributed by atoms with Crippen LogP contribution in [0.3, 0.4) is 0 Å². The topological polar surface area (TPSA) is 95.1 Å². The van der Waals surface area contributed by atoms with E-state index in [0.717, 1.165) is 34.8 Å². The average Bonchev–Trinajstić information content (AvgIpc) is 3.43. The van der Waals surface area contributed by atoms with Crippen molar-refractivity contribution in [2.24, 2.45) is 5.92 Å². The minimum absolute atomic E-state index is 0.142. The molecule has 1 fully saturated rings. The number of pyridine rings is 1. The number of nitrogens with two attached hydrogens (primary N) is 1. The van der Waals surface area contributed by atoms with Gasteiger partial charge in [0, 0.05) is 41.5 Å². The van der Waals surface area contributed by atoms with Crippen molar-refractivity contribution < 1.29 is 9.53 Å². The fourth-order valence-electron chi connectivity index (χ4n) is 3.71. The predicted octanol–water partition coefficient (Wildman–Crippen LogP) is 2.66. The van der Waals surface area contributed by atoms with E-state index in [9.17, 15) is 4.79 Å². The number of carbonyl (C=O) groups is 1. The van der Waals surface area contributed by atoms with Gasteiger partial charge in [-0.3, -0.25) is 9.48 Å². The summed E-state index contributed by atoms with van der Waals surface area (Å²) in [5.74, 6) is 0.740. The molecule has 148 valence electrons. The Hall–Kier alpha value is -2.67. The molecule has 0 atom stereocenters. The molecule has 1 amide bonds. The lowest BCUT2D eigenvalue weighted by molar-refractivity contribution is -0.123. The van der Waals surface area contributed by atoms with Crippen molar-refractivity contribution in [3.63, 3.8) is 0 Å². The maximum atomic E-state index is 12.4. The largest absolute Gasteiger partial charge is 0.383 e. The van der Waals surface area contributed by atoms with Crippen LogP contribution in [-0.4, -0.2) is 39.9 Å². The number of hydrogen-bond donors (Lipinski definition) is 2. The highest BCUT2D eigenvalue weighted by Crippen LogP contribution is 2.33. The van der Waals surface area contributed by atoms with Crippen molar-refractivity contribution in [2.75, 3.05) is 19.5 Å². The van der Waals surface area contributed by atoms with Crippen molar-refractivity contribution in [3.05, 3.63) is 30.0 Å². The second-order valence-corrected chi connectivity index (χ2v) is 8.22. The maximum absolute atomic E-state index is 12.4. The maximum Gasteiger partial charge on any atom is 0.223 e. The van der Waals surface area contributed by atoms with E-state index in [1.807, 2.05) is 28.9 Å². The Morgan fingerprint density at radius 3 is 2.82 bits per heavy atom. The molecule has 0 radical (unpaired) electrons. The SMILES string of the molecule is COCCn1nc2c(N)nc3ccccc3c2c1CC(C)(C)NC(=O)C1CC1. The summed E-state index contributed by atoms with van der Waals surface area (Å²) in [6, 6.07) is 7.96. The number of nitrogens with zero attached hydrogens (tertiary/aromatic N) is 3. The third kappa shape index (κ3) is 3.54. The predicted molar refractivity (Wildman–Crippen MR) is 110 cm³/mol. The van der Waals surface area contributed by atoms with E-state index in [4.69, 9.17) is 15.6 Å². The Bertz CT molecular complexity index is 1040. The number of methoxy groups -OCH3 is 1. The van der Waals surface area contributed by atoms with Crippen LogP contribution in [0, 0.1) is 5.92 Å². The minimum atomic E-state index is -0.406. The van der Waals surface area contributed by atoms with Crippen molar-refractivity contribution in [2.45, 2.75) is 45.2 Å². The normalized spacial score (nSPS) is 14.7. The number of carbonyl (C=O) groups excluding carboxylic acids is 1. The molecule has 2 aromatic heterocycles. The number of aromatic nitrogens is 3. The summed E-state index contributed by atoms with van der Waals surface area (Å²) in [5, 5.41) is 9.99. The Labute approximate surface area is 164 Å². The van der Waals surface area contributed by atoms with Gasteiger partial charge in [0.25, 0.3) is 0 Å². The molecule has 7 heteroatoms. The van der Waals surface area contributed by atoms with Crippen LogP contribution in [-0.2, 0) is 22.5 Å². The van der Waals surface area contributed by atoms with Crippen LogP contribution < -0.4 is 11.1 Å². The summed E-state index contributed by atoms with van der Waals surface area (Å²) >= 11 is 0. The number of ether oxygens (including phenoxy) is 1. The number of fused-ring (bicyclic) bond motifs is 3. The van der Waals surface area contributed by atoms with Gasteiger partial charge in [-0.05, 0) is 32.8 Å².